The van der Waals surface area contributed by atoms with E-state index in [1.165, 1.54) is 4.90 Å². The Kier molecular flexibility index (Phi) is 4.47. The second kappa shape index (κ2) is 5.92. The molecule has 19 heavy (non-hydrogen) atoms. The topological polar surface area (TPSA) is 57.6 Å². The predicted octanol–water partition coefficient (Wildman–Crippen LogP) is 2.66. The van der Waals surface area contributed by atoms with Crippen LogP contribution in [-0.2, 0) is 9.59 Å². The first-order valence-corrected chi connectivity index (χ1v) is 7.20. The average Bonchev–Trinajstić information content (AvgIpc) is 2.73. The molecule has 6 heteroatoms. The number of alkyl halides is 1. The molecule has 4 nitrogen and oxygen atoms in total. The van der Waals surface area contributed by atoms with Gasteiger partial charge in [-0.25, -0.2) is 4.79 Å². The Hall–Kier alpha value is -1.07. The molecule has 1 fully saturated rings. The van der Waals surface area contributed by atoms with E-state index < -0.39 is 12.0 Å². The Labute approximate surface area is 124 Å². The van der Waals surface area contributed by atoms with Crippen LogP contribution >= 0.6 is 27.5 Å². The van der Waals surface area contributed by atoms with Crippen LogP contribution in [0.5, 0.6) is 0 Å². The van der Waals surface area contributed by atoms with Crippen LogP contribution in [0.25, 0.3) is 0 Å². The molecule has 102 valence electrons. The van der Waals surface area contributed by atoms with E-state index in [9.17, 15) is 14.7 Å². The smallest absolute Gasteiger partial charge is 0.331 e. The second-order valence-corrected chi connectivity index (χ2v) is 5.70. The summed E-state index contributed by atoms with van der Waals surface area (Å²) in [5.41, 5.74) is 0.582. The fraction of sp³-hybridized carbons (Fsp3) is 0.385. The summed E-state index contributed by atoms with van der Waals surface area (Å²) in [6.07, 6.45) is 0.317. The van der Waals surface area contributed by atoms with Crippen molar-refractivity contribution in [3.8, 4) is 0 Å². The van der Waals surface area contributed by atoms with Crippen LogP contribution in [0.15, 0.2) is 28.7 Å². The Balaban J connectivity index is 2.35. The van der Waals surface area contributed by atoms with Gasteiger partial charge in [0.05, 0.1) is 0 Å². The van der Waals surface area contributed by atoms with Gasteiger partial charge in [0.2, 0.25) is 5.91 Å². The molecule has 2 unspecified atom stereocenters. The molecule has 0 spiro atoms. The van der Waals surface area contributed by atoms with Crippen LogP contribution in [0.1, 0.15) is 18.0 Å². The third kappa shape index (κ3) is 2.92. The molecule has 1 aliphatic rings. The summed E-state index contributed by atoms with van der Waals surface area (Å²) in [4.78, 5) is 24.9. The molecule has 2 rings (SSSR count). The molecule has 1 heterocycles. The maximum atomic E-state index is 12.0. The molecule has 0 aromatic heterocycles. The Morgan fingerprint density at radius 1 is 1.53 bits per heavy atom. The Morgan fingerprint density at radius 3 is 2.74 bits per heavy atom. The molecule has 0 radical (unpaired) electrons. The van der Waals surface area contributed by atoms with Gasteiger partial charge in [-0.3, -0.25) is 4.79 Å². The summed E-state index contributed by atoms with van der Waals surface area (Å²) in [7, 11) is 0. The first-order valence-electron chi connectivity index (χ1n) is 5.87. The fourth-order valence-corrected chi connectivity index (χ4v) is 3.00. The highest BCUT2D eigenvalue weighted by Gasteiger charge is 2.38. The van der Waals surface area contributed by atoms with Crippen molar-refractivity contribution in [1.82, 2.24) is 4.90 Å². The van der Waals surface area contributed by atoms with E-state index in [0.717, 1.165) is 0 Å². The number of hydrogen-bond acceptors (Lipinski definition) is 2. The number of hydrogen-bond donors (Lipinski definition) is 1. The molecule has 0 bridgehead atoms. The molecule has 0 saturated carbocycles. The van der Waals surface area contributed by atoms with Gasteiger partial charge in [0, 0.05) is 28.9 Å². The number of halogens is 2. The zero-order valence-corrected chi connectivity index (χ0v) is 12.4. The van der Waals surface area contributed by atoms with Gasteiger partial charge in [0.15, 0.2) is 6.04 Å². The lowest BCUT2D eigenvalue weighted by atomic mass is 10.1. The van der Waals surface area contributed by atoms with Gasteiger partial charge < -0.3 is 10.0 Å². The van der Waals surface area contributed by atoms with Crippen LogP contribution < -0.4 is 0 Å². The molecule has 0 aliphatic carbocycles. The van der Waals surface area contributed by atoms with Crippen molar-refractivity contribution in [3.63, 3.8) is 0 Å². The standard InChI is InChI=1S/C13H13BrClNO3/c14-10-4-2-1-3-9(10)12(13(18)19)16-7-8(6-15)5-11(16)17/h1-4,8,12H,5-7H2,(H,18,19). The maximum absolute atomic E-state index is 12.0. The van der Waals surface area contributed by atoms with Gasteiger partial charge in [-0.2, -0.15) is 0 Å². The van der Waals surface area contributed by atoms with Crippen molar-refractivity contribution in [2.75, 3.05) is 12.4 Å². The highest BCUT2D eigenvalue weighted by Crippen LogP contribution is 2.33. The lowest BCUT2D eigenvalue weighted by Gasteiger charge is -2.25. The third-order valence-corrected chi connectivity index (χ3v) is 4.36. The number of nitrogens with zero attached hydrogens (tertiary/aromatic N) is 1. The van der Waals surface area contributed by atoms with Crippen molar-refractivity contribution in [2.24, 2.45) is 5.92 Å². The fourth-order valence-electron chi connectivity index (χ4n) is 2.29. The van der Waals surface area contributed by atoms with Crippen LogP contribution in [-0.4, -0.2) is 34.3 Å². The summed E-state index contributed by atoms with van der Waals surface area (Å²) in [5.74, 6) is -0.798. The molecular formula is C13H13BrClNO3. The van der Waals surface area contributed by atoms with E-state index in [4.69, 9.17) is 11.6 Å². The summed E-state index contributed by atoms with van der Waals surface area (Å²) in [5, 5.41) is 9.44. The minimum absolute atomic E-state index is 0.0264. The Morgan fingerprint density at radius 2 is 2.21 bits per heavy atom. The van der Waals surface area contributed by atoms with Crippen molar-refractivity contribution in [3.05, 3.63) is 34.3 Å². The summed E-state index contributed by atoms with van der Waals surface area (Å²) < 4.78 is 0.685. The number of rotatable bonds is 4. The summed E-state index contributed by atoms with van der Waals surface area (Å²) >= 11 is 9.10. The van der Waals surface area contributed by atoms with Crippen LogP contribution in [0.3, 0.4) is 0 Å². The zero-order valence-electron chi connectivity index (χ0n) is 10.1. The van der Waals surface area contributed by atoms with Crippen molar-refractivity contribution < 1.29 is 14.7 Å². The first kappa shape index (κ1) is 14.3. The molecule has 1 saturated heterocycles. The molecule has 2 atom stereocenters. The average molecular weight is 347 g/mol. The number of carbonyl (C=O) groups is 2. The van der Waals surface area contributed by atoms with Gasteiger partial charge in [-0.1, -0.05) is 34.1 Å². The predicted molar refractivity (Wildman–Crippen MR) is 75.1 cm³/mol. The zero-order chi connectivity index (χ0) is 14.0. The van der Waals surface area contributed by atoms with E-state index in [1.807, 2.05) is 0 Å². The number of likely N-dealkylation sites (tertiary alicyclic amines) is 1. The normalized spacial score (nSPS) is 20.6. The maximum Gasteiger partial charge on any atom is 0.331 e. The second-order valence-electron chi connectivity index (χ2n) is 4.53. The van der Waals surface area contributed by atoms with E-state index in [1.54, 1.807) is 24.3 Å². The number of carboxylic acid groups (broad SMARTS) is 1. The lowest BCUT2D eigenvalue weighted by Crippen LogP contribution is -2.35. The van der Waals surface area contributed by atoms with Crippen LogP contribution in [0.2, 0.25) is 0 Å². The van der Waals surface area contributed by atoms with E-state index in [2.05, 4.69) is 15.9 Å². The highest BCUT2D eigenvalue weighted by molar-refractivity contribution is 9.10. The van der Waals surface area contributed by atoms with Gasteiger partial charge in [-0.05, 0) is 12.0 Å². The van der Waals surface area contributed by atoms with Crippen molar-refractivity contribution >= 4 is 39.4 Å². The van der Waals surface area contributed by atoms with Crippen LogP contribution in [0.4, 0.5) is 0 Å². The van der Waals surface area contributed by atoms with E-state index in [-0.39, 0.29) is 11.8 Å². The molecule has 1 aromatic rings. The third-order valence-electron chi connectivity index (χ3n) is 3.20. The van der Waals surface area contributed by atoms with Gasteiger partial charge in [0.1, 0.15) is 0 Å². The van der Waals surface area contributed by atoms with Crippen molar-refractivity contribution in [2.45, 2.75) is 12.5 Å². The molecule has 1 aromatic carbocycles. The molecule has 1 N–H and O–H groups in total. The minimum atomic E-state index is -1.03. The van der Waals surface area contributed by atoms with Crippen LogP contribution in [0, 0.1) is 5.92 Å². The van der Waals surface area contributed by atoms with Crippen molar-refractivity contribution in [1.29, 1.82) is 0 Å². The SMILES string of the molecule is O=C(O)C(c1ccccc1Br)N1CC(CCl)CC1=O. The minimum Gasteiger partial charge on any atom is -0.479 e. The number of aliphatic carboxylic acids is 1. The number of carboxylic acids is 1. The van der Waals surface area contributed by atoms with E-state index >= 15 is 0 Å². The monoisotopic (exact) mass is 345 g/mol. The lowest BCUT2D eigenvalue weighted by molar-refractivity contribution is -0.148. The summed E-state index contributed by atoms with van der Waals surface area (Å²) in [6, 6.07) is 6.08. The van der Waals surface area contributed by atoms with E-state index in [0.29, 0.717) is 28.9 Å². The Bertz CT molecular complexity index is 508. The molecular weight excluding hydrogens is 334 g/mol. The van der Waals surface area contributed by atoms with Gasteiger partial charge in [0.25, 0.3) is 0 Å². The van der Waals surface area contributed by atoms with Gasteiger partial charge in [-0.15, -0.1) is 11.6 Å². The summed E-state index contributed by atoms with van der Waals surface area (Å²) in [6.45, 7) is 0.390. The highest BCUT2D eigenvalue weighted by atomic mass is 79.9. The molecule has 1 amide bonds. The molecule has 1 aliphatic heterocycles. The number of benzene rings is 1. The quantitative estimate of drug-likeness (QED) is 0.853. The van der Waals surface area contributed by atoms with Gasteiger partial charge >= 0.3 is 5.97 Å². The largest absolute Gasteiger partial charge is 0.479 e. The number of amides is 1. The first-order chi connectivity index (χ1) is 9.04. The number of carbonyl (C=O) groups excluding carboxylic acids is 1.